The molecule has 0 saturated carbocycles. The van der Waals surface area contributed by atoms with E-state index in [1.165, 1.54) is 26.2 Å². The largest absolute Gasteiger partial charge is 0.495 e. The SMILES string of the molecule is COc1cc(Cl)c(C)cc1NC(=O)C(C)OC(=O)c1ccc(Br)cc1F. The van der Waals surface area contributed by atoms with Crippen LogP contribution in [0.1, 0.15) is 22.8 Å². The molecule has 5 nitrogen and oxygen atoms in total. The van der Waals surface area contributed by atoms with E-state index in [0.29, 0.717) is 20.9 Å². The van der Waals surface area contributed by atoms with Gasteiger partial charge in [-0.1, -0.05) is 27.5 Å². The molecule has 0 fully saturated rings. The van der Waals surface area contributed by atoms with E-state index in [4.69, 9.17) is 21.1 Å². The van der Waals surface area contributed by atoms with Gasteiger partial charge in [0.25, 0.3) is 5.91 Å². The zero-order valence-corrected chi connectivity index (χ0v) is 16.6. The highest BCUT2D eigenvalue weighted by Gasteiger charge is 2.22. The van der Waals surface area contributed by atoms with Crippen molar-refractivity contribution in [1.82, 2.24) is 0 Å². The molecule has 0 bridgehead atoms. The summed E-state index contributed by atoms with van der Waals surface area (Å²) in [5.74, 6) is -1.90. The van der Waals surface area contributed by atoms with Crippen molar-refractivity contribution < 1.29 is 23.5 Å². The van der Waals surface area contributed by atoms with Crippen molar-refractivity contribution in [1.29, 1.82) is 0 Å². The summed E-state index contributed by atoms with van der Waals surface area (Å²) in [6, 6.07) is 7.13. The number of amides is 1. The van der Waals surface area contributed by atoms with Crippen molar-refractivity contribution in [3.05, 3.63) is 56.8 Å². The summed E-state index contributed by atoms with van der Waals surface area (Å²) in [7, 11) is 1.44. The Morgan fingerprint density at radius 1 is 1.27 bits per heavy atom. The molecule has 2 aromatic carbocycles. The maximum Gasteiger partial charge on any atom is 0.341 e. The van der Waals surface area contributed by atoms with E-state index in [1.807, 2.05) is 0 Å². The Morgan fingerprint density at radius 3 is 2.58 bits per heavy atom. The van der Waals surface area contributed by atoms with E-state index in [1.54, 1.807) is 19.1 Å². The minimum atomic E-state index is -1.15. The Morgan fingerprint density at radius 2 is 1.96 bits per heavy atom. The number of hydrogen-bond donors (Lipinski definition) is 1. The van der Waals surface area contributed by atoms with Crippen molar-refractivity contribution >= 4 is 45.1 Å². The number of anilines is 1. The third kappa shape index (κ3) is 4.74. The van der Waals surface area contributed by atoms with Crippen molar-refractivity contribution in [2.75, 3.05) is 12.4 Å². The van der Waals surface area contributed by atoms with E-state index in [9.17, 15) is 14.0 Å². The van der Waals surface area contributed by atoms with Crippen LogP contribution >= 0.6 is 27.5 Å². The first-order valence-electron chi connectivity index (χ1n) is 7.54. The Hall–Kier alpha value is -2.12. The molecule has 8 heteroatoms. The Kier molecular flexibility index (Phi) is 6.61. The highest BCUT2D eigenvalue weighted by molar-refractivity contribution is 9.10. The highest BCUT2D eigenvalue weighted by Crippen LogP contribution is 2.31. The summed E-state index contributed by atoms with van der Waals surface area (Å²) >= 11 is 9.13. The summed E-state index contributed by atoms with van der Waals surface area (Å²) in [6.45, 7) is 3.16. The number of rotatable bonds is 5. The number of halogens is 3. The summed E-state index contributed by atoms with van der Waals surface area (Å²) in [5.41, 5.74) is 0.870. The summed E-state index contributed by atoms with van der Waals surface area (Å²) in [5, 5.41) is 3.10. The molecule has 0 aliphatic rings. The van der Waals surface area contributed by atoms with Crippen LogP contribution in [0.2, 0.25) is 5.02 Å². The molecule has 0 aliphatic heterocycles. The topological polar surface area (TPSA) is 64.6 Å². The standard InChI is InChI=1S/C18H16BrClFNO4/c1-9-6-15(16(25-3)8-13(9)20)22-17(23)10(2)26-18(24)12-5-4-11(19)7-14(12)21/h4-8,10H,1-3H3,(H,22,23). The Bertz CT molecular complexity index is 859. The normalized spacial score (nSPS) is 11.6. The van der Waals surface area contributed by atoms with E-state index in [0.717, 1.165) is 11.6 Å². The summed E-state index contributed by atoms with van der Waals surface area (Å²) < 4.78 is 24.5. The smallest absolute Gasteiger partial charge is 0.341 e. The number of hydrogen-bond acceptors (Lipinski definition) is 4. The molecule has 2 aromatic rings. The number of benzene rings is 2. The fourth-order valence-electron chi connectivity index (χ4n) is 2.10. The number of aryl methyl sites for hydroxylation is 1. The summed E-state index contributed by atoms with van der Waals surface area (Å²) in [6.07, 6.45) is -1.15. The second-order valence-corrected chi connectivity index (χ2v) is 6.79. The van der Waals surface area contributed by atoms with Crippen molar-refractivity contribution in [3.63, 3.8) is 0 Å². The first-order valence-corrected chi connectivity index (χ1v) is 8.71. The zero-order chi connectivity index (χ0) is 19.4. The summed E-state index contributed by atoms with van der Waals surface area (Å²) in [4.78, 5) is 24.4. The molecule has 0 spiro atoms. The lowest BCUT2D eigenvalue weighted by Crippen LogP contribution is -2.30. The zero-order valence-electron chi connectivity index (χ0n) is 14.2. The Labute approximate surface area is 163 Å². The molecule has 1 unspecified atom stereocenters. The van der Waals surface area contributed by atoms with Crippen LogP contribution in [0.4, 0.5) is 10.1 Å². The second kappa shape index (κ2) is 8.51. The molecule has 2 rings (SSSR count). The van der Waals surface area contributed by atoms with Crippen LogP contribution in [0.25, 0.3) is 0 Å². The first kappa shape index (κ1) is 20.2. The molecule has 1 atom stereocenters. The van der Waals surface area contributed by atoms with E-state index in [-0.39, 0.29) is 5.56 Å². The molecule has 1 N–H and O–H groups in total. The van der Waals surface area contributed by atoms with Gasteiger partial charge in [-0.25, -0.2) is 9.18 Å². The van der Waals surface area contributed by atoms with E-state index >= 15 is 0 Å². The number of carbonyl (C=O) groups is 2. The van der Waals surface area contributed by atoms with Crippen LogP contribution in [-0.2, 0) is 9.53 Å². The van der Waals surface area contributed by atoms with Crippen LogP contribution in [0, 0.1) is 12.7 Å². The maximum atomic E-state index is 13.8. The van der Waals surface area contributed by atoms with Crippen LogP contribution in [0.5, 0.6) is 5.75 Å². The predicted octanol–water partition coefficient (Wildman–Crippen LogP) is 4.74. The van der Waals surface area contributed by atoms with Gasteiger partial charge in [0.15, 0.2) is 6.10 Å². The van der Waals surface area contributed by atoms with Gasteiger partial charge in [0.2, 0.25) is 0 Å². The monoisotopic (exact) mass is 443 g/mol. The molecular weight excluding hydrogens is 429 g/mol. The van der Waals surface area contributed by atoms with Crippen molar-refractivity contribution in [2.24, 2.45) is 0 Å². The minimum Gasteiger partial charge on any atom is -0.495 e. The van der Waals surface area contributed by atoms with Crippen LogP contribution in [-0.4, -0.2) is 25.1 Å². The fourth-order valence-corrected chi connectivity index (χ4v) is 2.58. The average Bonchev–Trinajstić information content (AvgIpc) is 2.57. The Balaban J connectivity index is 2.10. The molecule has 0 heterocycles. The van der Waals surface area contributed by atoms with Gasteiger partial charge in [-0.15, -0.1) is 0 Å². The predicted molar refractivity (Wildman–Crippen MR) is 100 cm³/mol. The highest BCUT2D eigenvalue weighted by atomic mass is 79.9. The van der Waals surface area contributed by atoms with Crippen LogP contribution < -0.4 is 10.1 Å². The molecule has 0 aromatic heterocycles. The number of nitrogens with one attached hydrogen (secondary N) is 1. The number of esters is 1. The third-order valence-corrected chi connectivity index (χ3v) is 4.44. The lowest BCUT2D eigenvalue weighted by atomic mass is 10.2. The molecule has 26 heavy (non-hydrogen) atoms. The van der Waals surface area contributed by atoms with Gasteiger partial charge in [0.05, 0.1) is 18.4 Å². The van der Waals surface area contributed by atoms with Crippen LogP contribution in [0.3, 0.4) is 0 Å². The van der Waals surface area contributed by atoms with E-state index in [2.05, 4.69) is 21.2 Å². The van der Waals surface area contributed by atoms with Gasteiger partial charge in [0.1, 0.15) is 11.6 Å². The minimum absolute atomic E-state index is 0.257. The maximum absolute atomic E-state index is 13.8. The molecular formula is C18H16BrClFNO4. The number of carbonyl (C=O) groups excluding carboxylic acids is 2. The first-order chi connectivity index (χ1) is 12.2. The molecule has 138 valence electrons. The van der Waals surface area contributed by atoms with Gasteiger partial charge in [-0.05, 0) is 43.7 Å². The lowest BCUT2D eigenvalue weighted by molar-refractivity contribution is -0.123. The van der Waals surface area contributed by atoms with E-state index < -0.39 is 23.8 Å². The molecule has 0 aliphatic carbocycles. The van der Waals surface area contributed by atoms with Crippen LogP contribution in [0.15, 0.2) is 34.8 Å². The molecule has 0 saturated heterocycles. The average molecular weight is 445 g/mol. The number of methoxy groups -OCH3 is 1. The van der Waals surface area contributed by atoms with Crippen molar-refractivity contribution in [3.8, 4) is 5.75 Å². The number of ether oxygens (including phenoxy) is 2. The quantitative estimate of drug-likeness (QED) is 0.677. The fraction of sp³-hybridized carbons (Fsp3) is 0.222. The van der Waals surface area contributed by atoms with Gasteiger partial charge in [-0.3, -0.25) is 4.79 Å². The van der Waals surface area contributed by atoms with Gasteiger partial charge < -0.3 is 14.8 Å². The van der Waals surface area contributed by atoms with Gasteiger partial charge >= 0.3 is 5.97 Å². The second-order valence-electron chi connectivity index (χ2n) is 5.46. The molecule has 1 amide bonds. The van der Waals surface area contributed by atoms with Gasteiger partial charge in [0, 0.05) is 15.6 Å². The molecule has 0 radical (unpaired) electrons. The lowest BCUT2D eigenvalue weighted by Gasteiger charge is -2.16. The van der Waals surface area contributed by atoms with Crippen molar-refractivity contribution in [2.45, 2.75) is 20.0 Å². The van der Waals surface area contributed by atoms with Gasteiger partial charge in [-0.2, -0.15) is 0 Å². The third-order valence-electron chi connectivity index (χ3n) is 3.54.